The molecule has 2 rings (SSSR count). The van der Waals surface area contributed by atoms with Crippen molar-refractivity contribution in [3.05, 3.63) is 23.9 Å². The Morgan fingerprint density at radius 3 is 2.61 bits per heavy atom. The lowest BCUT2D eigenvalue weighted by Gasteiger charge is -2.16. The summed E-state index contributed by atoms with van der Waals surface area (Å²) in [6, 6.07) is 3.69. The van der Waals surface area contributed by atoms with E-state index in [-0.39, 0.29) is 11.7 Å². The molecule has 96 valence electrons. The molecule has 0 aliphatic rings. The highest BCUT2D eigenvalue weighted by molar-refractivity contribution is 5.82. The lowest BCUT2D eigenvalue weighted by molar-refractivity contribution is 0.374. The van der Waals surface area contributed by atoms with Gasteiger partial charge in [0.1, 0.15) is 5.82 Å². The van der Waals surface area contributed by atoms with Crippen LogP contribution in [0.2, 0.25) is 0 Å². The predicted octanol–water partition coefficient (Wildman–Crippen LogP) is 2.50. The minimum Gasteiger partial charge on any atom is -0.504 e. The van der Waals surface area contributed by atoms with E-state index >= 15 is 0 Å². The largest absolute Gasteiger partial charge is 0.504 e. The van der Waals surface area contributed by atoms with Crippen molar-refractivity contribution >= 4 is 5.82 Å². The second-order valence-electron chi connectivity index (χ2n) is 4.43. The Morgan fingerprint density at radius 1 is 1.39 bits per heavy atom. The first kappa shape index (κ1) is 12.3. The van der Waals surface area contributed by atoms with Crippen molar-refractivity contribution in [3.8, 4) is 22.6 Å². The van der Waals surface area contributed by atoms with E-state index in [9.17, 15) is 5.11 Å². The summed E-state index contributed by atoms with van der Waals surface area (Å²) in [5.74, 6) is 1.21. The van der Waals surface area contributed by atoms with Crippen LogP contribution < -0.4 is 10.5 Å². The molecule has 0 aliphatic heterocycles. The number of ether oxygens (including phenoxy) is 1. The molecule has 1 aromatic carbocycles. The Balaban J connectivity index is 2.73. The molecule has 0 radical (unpaired) electrons. The number of aromatic hydroxyl groups is 1. The molecule has 5 heteroatoms. The molecule has 18 heavy (non-hydrogen) atoms. The third-order valence-corrected chi connectivity index (χ3v) is 2.95. The Labute approximate surface area is 106 Å². The SMILES string of the molecule is COc1ccc(C(C)C)c(-c2cn[nH]c2N)c1O. The van der Waals surface area contributed by atoms with Crippen molar-refractivity contribution < 1.29 is 9.84 Å². The molecule has 1 aromatic heterocycles. The van der Waals surface area contributed by atoms with Gasteiger partial charge in [0, 0.05) is 11.1 Å². The lowest BCUT2D eigenvalue weighted by Crippen LogP contribution is -1.97. The smallest absolute Gasteiger partial charge is 0.166 e. The quantitative estimate of drug-likeness (QED) is 0.778. The average molecular weight is 247 g/mol. The van der Waals surface area contributed by atoms with Crippen LogP contribution in [0.3, 0.4) is 0 Å². The van der Waals surface area contributed by atoms with Crippen molar-refractivity contribution in [1.82, 2.24) is 10.2 Å². The topological polar surface area (TPSA) is 84.2 Å². The molecule has 0 saturated heterocycles. The van der Waals surface area contributed by atoms with Crippen LogP contribution in [0.25, 0.3) is 11.1 Å². The summed E-state index contributed by atoms with van der Waals surface area (Å²) in [6.07, 6.45) is 1.61. The van der Waals surface area contributed by atoms with Gasteiger partial charge in [-0.1, -0.05) is 19.9 Å². The van der Waals surface area contributed by atoms with Crippen molar-refractivity contribution in [3.63, 3.8) is 0 Å². The number of nitrogen functional groups attached to an aromatic ring is 1. The molecule has 1 heterocycles. The molecule has 0 aliphatic carbocycles. The fourth-order valence-electron chi connectivity index (χ4n) is 2.01. The maximum absolute atomic E-state index is 10.3. The number of anilines is 1. The number of aromatic nitrogens is 2. The summed E-state index contributed by atoms with van der Waals surface area (Å²) in [5, 5.41) is 16.9. The average Bonchev–Trinajstić information content (AvgIpc) is 2.74. The van der Waals surface area contributed by atoms with Crippen molar-refractivity contribution in [2.45, 2.75) is 19.8 Å². The van der Waals surface area contributed by atoms with E-state index < -0.39 is 0 Å². The van der Waals surface area contributed by atoms with Crippen LogP contribution in [0.15, 0.2) is 18.3 Å². The molecule has 4 N–H and O–H groups in total. The standard InChI is InChI=1S/C13H17N3O2/c1-7(2)8-4-5-10(18-3)12(17)11(8)9-6-15-16-13(9)14/h4-7,17H,1-3H3,(H3,14,15,16). The van der Waals surface area contributed by atoms with E-state index in [1.54, 1.807) is 12.3 Å². The molecule has 0 amide bonds. The summed E-state index contributed by atoms with van der Waals surface area (Å²) in [6.45, 7) is 4.11. The number of phenols is 1. The van der Waals surface area contributed by atoms with Crippen LogP contribution in [0, 0.1) is 0 Å². The number of hydrogen-bond donors (Lipinski definition) is 3. The number of nitrogens with one attached hydrogen (secondary N) is 1. The van der Waals surface area contributed by atoms with Gasteiger partial charge in [-0.15, -0.1) is 0 Å². The van der Waals surface area contributed by atoms with Gasteiger partial charge >= 0.3 is 0 Å². The van der Waals surface area contributed by atoms with Gasteiger partial charge in [-0.05, 0) is 17.5 Å². The summed E-state index contributed by atoms with van der Waals surface area (Å²) in [7, 11) is 1.52. The maximum Gasteiger partial charge on any atom is 0.166 e. The zero-order valence-corrected chi connectivity index (χ0v) is 10.7. The number of benzene rings is 1. The molecule has 0 fully saturated rings. The highest BCUT2D eigenvalue weighted by Crippen LogP contribution is 2.43. The molecule has 0 bridgehead atoms. The fourth-order valence-corrected chi connectivity index (χ4v) is 2.01. The van der Waals surface area contributed by atoms with E-state index in [1.165, 1.54) is 7.11 Å². The number of aromatic amines is 1. The van der Waals surface area contributed by atoms with E-state index in [0.717, 1.165) is 5.56 Å². The Bertz CT molecular complexity index is 561. The molecule has 0 unspecified atom stereocenters. The number of rotatable bonds is 3. The molecular formula is C13H17N3O2. The van der Waals surface area contributed by atoms with Crippen molar-refractivity contribution in [1.29, 1.82) is 0 Å². The maximum atomic E-state index is 10.3. The normalized spacial score (nSPS) is 10.9. The van der Waals surface area contributed by atoms with Gasteiger partial charge < -0.3 is 15.6 Å². The Hall–Kier alpha value is -2.17. The van der Waals surface area contributed by atoms with Crippen molar-refractivity contribution in [2.75, 3.05) is 12.8 Å². The number of H-pyrrole nitrogens is 1. The van der Waals surface area contributed by atoms with Gasteiger partial charge in [0.25, 0.3) is 0 Å². The molecule has 0 atom stereocenters. The van der Waals surface area contributed by atoms with Gasteiger partial charge in [-0.3, -0.25) is 5.10 Å². The number of methoxy groups -OCH3 is 1. The van der Waals surface area contributed by atoms with Crippen LogP contribution in [-0.2, 0) is 0 Å². The Morgan fingerprint density at radius 2 is 2.11 bits per heavy atom. The molecule has 0 spiro atoms. The summed E-state index contributed by atoms with van der Waals surface area (Å²) in [4.78, 5) is 0. The van der Waals surface area contributed by atoms with E-state index in [1.807, 2.05) is 6.07 Å². The van der Waals surface area contributed by atoms with Gasteiger partial charge in [-0.2, -0.15) is 5.10 Å². The van der Waals surface area contributed by atoms with E-state index in [4.69, 9.17) is 10.5 Å². The van der Waals surface area contributed by atoms with Crippen LogP contribution in [-0.4, -0.2) is 22.4 Å². The second-order valence-corrected chi connectivity index (χ2v) is 4.43. The molecule has 5 nitrogen and oxygen atoms in total. The van der Waals surface area contributed by atoms with Crippen LogP contribution in [0.5, 0.6) is 11.5 Å². The molecule has 2 aromatic rings. The zero-order chi connectivity index (χ0) is 13.3. The molecule has 0 saturated carbocycles. The third-order valence-electron chi connectivity index (χ3n) is 2.95. The minimum absolute atomic E-state index is 0.0943. The number of hydrogen-bond acceptors (Lipinski definition) is 4. The number of phenolic OH excluding ortho intramolecular Hbond substituents is 1. The lowest BCUT2D eigenvalue weighted by atomic mass is 9.92. The van der Waals surface area contributed by atoms with Crippen molar-refractivity contribution in [2.24, 2.45) is 0 Å². The zero-order valence-electron chi connectivity index (χ0n) is 10.7. The summed E-state index contributed by atoms with van der Waals surface area (Å²) < 4.78 is 5.14. The van der Waals surface area contributed by atoms with Crippen LogP contribution in [0.1, 0.15) is 25.3 Å². The number of nitrogens with two attached hydrogens (primary N) is 1. The first-order chi connectivity index (χ1) is 8.56. The Kier molecular flexibility index (Phi) is 3.14. The van der Waals surface area contributed by atoms with Gasteiger partial charge in [0.2, 0.25) is 0 Å². The highest BCUT2D eigenvalue weighted by atomic mass is 16.5. The third kappa shape index (κ3) is 1.88. The van der Waals surface area contributed by atoms with E-state index in [0.29, 0.717) is 22.7 Å². The van der Waals surface area contributed by atoms with Gasteiger partial charge in [-0.25, -0.2) is 0 Å². The first-order valence-electron chi connectivity index (χ1n) is 5.75. The first-order valence-corrected chi connectivity index (χ1v) is 5.75. The summed E-state index contributed by atoms with van der Waals surface area (Å²) >= 11 is 0. The van der Waals surface area contributed by atoms with Gasteiger partial charge in [0.05, 0.1) is 13.3 Å². The monoisotopic (exact) mass is 247 g/mol. The van der Waals surface area contributed by atoms with Crippen LogP contribution >= 0.6 is 0 Å². The molecular weight excluding hydrogens is 230 g/mol. The summed E-state index contributed by atoms with van der Waals surface area (Å²) in [5.41, 5.74) is 8.20. The predicted molar refractivity (Wildman–Crippen MR) is 70.7 cm³/mol. The van der Waals surface area contributed by atoms with Gasteiger partial charge in [0.15, 0.2) is 11.5 Å². The fraction of sp³-hybridized carbons (Fsp3) is 0.308. The highest BCUT2D eigenvalue weighted by Gasteiger charge is 2.19. The minimum atomic E-state index is 0.0943. The van der Waals surface area contributed by atoms with Crippen LogP contribution in [0.4, 0.5) is 5.82 Å². The second kappa shape index (κ2) is 4.60. The number of nitrogens with zero attached hydrogens (tertiary/aromatic N) is 1. The van der Waals surface area contributed by atoms with E-state index in [2.05, 4.69) is 24.0 Å².